The van der Waals surface area contributed by atoms with E-state index in [0.29, 0.717) is 15.2 Å². The molecule has 0 aliphatic heterocycles. The molecule has 3 aromatic rings. The number of carbonyl (C=O) groups excluding carboxylic acids is 1. The van der Waals surface area contributed by atoms with Crippen LogP contribution in [0.4, 0.5) is 10.8 Å². The standard InChI is InChI=1S/C14H7Cl2N3O3S2/c15-9-5-7(19(21)22)1-2-8(9)13(20)18-14-17-10(6-23-14)11-3-4-12(16)24-11/h1-6H,(H,17,18,20). The predicted molar refractivity (Wildman–Crippen MR) is 96.5 cm³/mol. The van der Waals surface area contributed by atoms with Crippen molar-refractivity contribution in [1.82, 2.24) is 4.98 Å². The predicted octanol–water partition coefficient (Wildman–Crippen LogP) is 5.34. The van der Waals surface area contributed by atoms with Gasteiger partial charge in [0.05, 0.1) is 30.4 Å². The Labute approximate surface area is 153 Å². The van der Waals surface area contributed by atoms with Gasteiger partial charge < -0.3 is 0 Å². The van der Waals surface area contributed by atoms with Gasteiger partial charge in [-0.2, -0.15) is 0 Å². The van der Waals surface area contributed by atoms with E-state index in [4.69, 9.17) is 23.2 Å². The maximum Gasteiger partial charge on any atom is 0.270 e. The van der Waals surface area contributed by atoms with Crippen LogP contribution in [0.25, 0.3) is 10.6 Å². The van der Waals surface area contributed by atoms with Crippen molar-refractivity contribution in [1.29, 1.82) is 0 Å². The number of amides is 1. The second-order valence-electron chi connectivity index (χ2n) is 4.52. The van der Waals surface area contributed by atoms with E-state index in [1.165, 1.54) is 34.8 Å². The molecule has 1 aromatic carbocycles. The molecule has 2 aromatic heterocycles. The molecule has 10 heteroatoms. The fraction of sp³-hybridized carbons (Fsp3) is 0. The molecule has 0 radical (unpaired) electrons. The van der Waals surface area contributed by atoms with Crippen LogP contribution in [0.2, 0.25) is 9.36 Å². The molecule has 0 saturated carbocycles. The number of aromatic nitrogens is 1. The Morgan fingerprint density at radius 1 is 1.25 bits per heavy atom. The summed E-state index contributed by atoms with van der Waals surface area (Å²) in [4.78, 5) is 27.6. The van der Waals surface area contributed by atoms with E-state index < -0.39 is 10.8 Å². The highest BCUT2D eigenvalue weighted by Gasteiger charge is 2.16. The van der Waals surface area contributed by atoms with Gasteiger partial charge in [0.2, 0.25) is 0 Å². The monoisotopic (exact) mass is 399 g/mol. The zero-order chi connectivity index (χ0) is 17.3. The second-order valence-corrected chi connectivity index (χ2v) is 7.50. The van der Waals surface area contributed by atoms with Crippen molar-refractivity contribution in [2.24, 2.45) is 0 Å². The lowest BCUT2D eigenvalue weighted by atomic mass is 10.2. The fourth-order valence-corrected chi connectivity index (χ4v) is 3.91. The average molecular weight is 400 g/mol. The summed E-state index contributed by atoms with van der Waals surface area (Å²) in [6.45, 7) is 0. The number of nitrogens with zero attached hydrogens (tertiary/aromatic N) is 2. The number of nitro groups is 1. The maximum atomic E-state index is 12.2. The number of rotatable bonds is 4. The first-order valence-electron chi connectivity index (χ1n) is 6.40. The van der Waals surface area contributed by atoms with E-state index in [9.17, 15) is 14.9 Å². The van der Waals surface area contributed by atoms with Crippen molar-refractivity contribution in [2.75, 3.05) is 5.32 Å². The number of carbonyl (C=O) groups is 1. The van der Waals surface area contributed by atoms with Gasteiger partial charge in [0.25, 0.3) is 11.6 Å². The summed E-state index contributed by atoms with van der Waals surface area (Å²) in [5.41, 5.74) is 0.669. The Morgan fingerprint density at radius 3 is 2.67 bits per heavy atom. The SMILES string of the molecule is O=C(Nc1nc(-c2ccc(Cl)s2)cs1)c1ccc([N+](=O)[O-])cc1Cl. The fourth-order valence-electron chi connectivity index (χ4n) is 1.86. The van der Waals surface area contributed by atoms with Crippen molar-refractivity contribution in [3.63, 3.8) is 0 Å². The number of benzene rings is 1. The van der Waals surface area contributed by atoms with E-state index >= 15 is 0 Å². The lowest BCUT2D eigenvalue weighted by molar-refractivity contribution is -0.384. The Hall–Kier alpha value is -2.00. The third-order valence-electron chi connectivity index (χ3n) is 2.96. The minimum Gasteiger partial charge on any atom is -0.298 e. The summed E-state index contributed by atoms with van der Waals surface area (Å²) < 4.78 is 0.654. The molecule has 122 valence electrons. The smallest absolute Gasteiger partial charge is 0.270 e. The summed E-state index contributed by atoms with van der Waals surface area (Å²) in [5.74, 6) is -0.486. The van der Waals surface area contributed by atoms with Crippen LogP contribution >= 0.6 is 45.9 Å². The molecule has 0 unspecified atom stereocenters. The lowest BCUT2D eigenvalue weighted by Crippen LogP contribution is -2.12. The Balaban J connectivity index is 1.78. The normalized spacial score (nSPS) is 10.6. The van der Waals surface area contributed by atoms with E-state index in [2.05, 4.69) is 10.3 Å². The second kappa shape index (κ2) is 6.86. The molecule has 0 aliphatic rings. The largest absolute Gasteiger partial charge is 0.298 e. The number of hydrogen-bond acceptors (Lipinski definition) is 6. The van der Waals surface area contributed by atoms with E-state index in [1.54, 1.807) is 11.4 Å². The number of nitrogens with one attached hydrogen (secondary N) is 1. The summed E-state index contributed by atoms with van der Waals surface area (Å²) in [6, 6.07) is 7.29. The van der Waals surface area contributed by atoms with Crippen LogP contribution in [0.3, 0.4) is 0 Å². The average Bonchev–Trinajstić information content (AvgIpc) is 3.15. The van der Waals surface area contributed by atoms with Gasteiger partial charge in [-0.15, -0.1) is 22.7 Å². The van der Waals surface area contributed by atoms with Crippen LogP contribution < -0.4 is 5.32 Å². The number of nitro benzene ring substituents is 1. The number of anilines is 1. The number of hydrogen-bond donors (Lipinski definition) is 1. The van der Waals surface area contributed by atoms with Gasteiger partial charge in [-0.25, -0.2) is 4.98 Å². The molecule has 1 amide bonds. The molecule has 24 heavy (non-hydrogen) atoms. The summed E-state index contributed by atoms with van der Waals surface area (Å²) >= 11 is 14.5. The molecule has 3 rings (SSSR count). The molecule has 0 fully saturated rings. The van der Waals surface area contributed by atoms with Gasteiger partial charge in [-0.05, 0) is 18.2 Å². The quantitative estimate of drug-likeness (QED) is 0.473. The van der Waals surface area contributed by atoms with Crippen LogP contribution in [0, 0.1) is 10.1 Å². The van der Waals surface area contributed by atoms with E-state index in [1.807, 2.05) is 6.07 Å². The van der Waals surface area contributed by atoms with Crippen LogP contribution in [-0.4, -0.2) is 15.8 Å². The number of thiazole rings is 1. The van der Waals surface area contributed by atoms with Crippen LogP contribution in [0.1, 0.15) is 10.4 Å². The van der Waals surface area contributed by atoms with Crippen LogP contribution in [0.5, 0.6) is 0 Å². The zero-order valence-corrected chi connectivity index (χ0v) is 14.8. The van der Waals surface area contributed by atoms with Crippen molar-refractivity contribution in [2.45, 2.75) is 0 Å². The highest BCUT2D eigenvalue weighted by atomic mass is 35.5. The summed E-state index contributed by atoms with van der Waals surface area (Å²) in [6.07, 6.45) is 0. The topological polar surface area (TPSA) is 85.1 Å². The van der Waals surface area contributed by atoms with Gasteiger partial charge in [0.1, 0.15) is 0 Å². The van der Waals surface area contributed by atoms with Gasteiger partial charge in [-0.1, -0.05) is 23.2 Å². The van der Waals surface area contributed by atoms with Crippen molar-refractivity contribution in [3.05, 3.63) is 60.7 Å². The number of halogens is 2. The Bertz CT molecular complexity index is 939. The molecule has 2 heterocycles. The van der Waals surface area contributed by atoms with Gasteiger partial charge >= 0.3 is 0 Å². The molecule has 0 spiro atoms. The van der Waals surface area contributed by atoms with Crippen molar-refractivity contribution < 1.29 is 9.72 Å². The third kappa shape index (κ3) is 3.57. The van der Waals surface area contributed by atoms with Gasteiger partial charge in [-0.3, -0.25) is 20.2 Å². The highest BCUT2D eigenvalue weighted by Crippen LogP contribution is 2.33. The van der Waals surface area contributed by atoms with Gasteiger partial charge in [0.15, 0.2) is 5.13 Å². The number of thiophene rings is 1. The number of non-ortho nitro benzene ring substituents is 1. The van der Waals surface area contributed by atoms with Crippen LogP contribution in [-0.2, 0) is 0 Å². The molecule has 1 N–H and O–H groups in total. The third-order valence-corrected chi connectivity index (χ3v) is 5.28. The first-order chi connectivity index (χ1) is 11.4. The molecule has 0 bridgehead atoms. The molecule has 0 aliphatic carbocycles. The molecular weight excluding hydrogens is 393 g/mol. The molecule has 0 saturated heterocycles. The zero-order valence-electron chi connectivity index (χ0n) is 11.7. The Kier molecular flexibility index (Phi) is 4.81. The molecule has 0 atom stereocenters. The molecule has 6 nitrogen and oxygen atoms in total. The summed E-state index contributed by atoms with van der Waals surface area (Å²) in [5, 5.41) is 15.5. The van der Waals surface area contributed by atoms with Crippen molar-refractivity contribution >= 4 is 62.6 Å². The maximum absolute atomic E-state index is 12.2. The first kappa shape index (κ1) is 16.8. The summed E-state index contributed by atoms with van der Waals surface area (Å²) in [7, 11) is 0. The van der Waals surface area contributed by atoms with E-state index in [0.717, 1.165) is 10.9 Å². The highest BCUT2D eigenvalue weighted by molar-refractivity contribution is 7.20. The van der Waals surface area contributed by atoms with Gasteiger partial charge in [0, 0.05) is 17.5 Å². The Morgan fingerprint density at radius 2 is 2.04 bits per heavy atom. The molecular formula is C14H7Cl2N3O3S2. The van der Waals surface area contributed by atoms with E-state index in [-0.39, 0.29) is 16.3 Å². The van der Waals surface area contributed by atoms with Crippen LogP contribution in [0.15, 0.2) is 35.7 Å². The van der Waals surface area contributed by atoms with Crippen molar-refractivity contribution in [3.8, 4) is 10.6 Å². The first-order valence-corrected chi connectivity index (χ1v) is 8.86. The minimum atomic E-state index is -0.577. The minimum absolute atomic E-state index is 0.00326. The lowest BCUT2D eigenvalue weighted by Gasteiger charge is -2.03.